The van der Waals surface area contributed by atoms with E-state index in [1.807, 2.05) is 18.2 Å². The smallest absolute Gasteiger partial charge is 0.101 e. The van der Waals surface area contributed by atoms with Gasteiger partial charge in [-0.15, -0.1) is 0 Å². The molecular formula is C15H16Cl2N2S. The van der Waals surface area contributed by atoms with Crippen LogP contribution in [-0.2, 0) is 6.54 Å². The highest BCUT2D eigenvalue weighted by atomic mass is 35.5. The Balaban J connectivity index is 2.06. The van der Waals surface area contributed by atoms with Gasteiger partial charge in [0.1, 0.15) is 5.03 Å². The van der Waals surface area contributed by atoms with Crippen molar-refractivity contribution in [3.8, 4) is 0 Å². The van der Waals surface area contributed by atoms with E-state index in [9.17, 15) is 0 Å². The molecule has 1 aromatic heterocycles. The summed E-state index contributed by atoms with van der Waals surface area (Å²) in [7, 11) is 0. The van der Waals surface area contributed by atoms with Gasteiger partial charge in [0.15, 0.2) is 0 Å². The second-order valence-electron chi connectivity index (χ2n) is 4.71. The average molecular weight is 327 g/mol. The van der Waals surface area contributed by atoms with Crippen molar-refractivity contribution in [1.82, 2.24) is 10.3 Å². The summed E-state index contributed by atoms with van der Waals surface area (Å²) in [6, 6.07) is 10.3. The van der Waals surface area contributed by atoms with Crippen LogP contribution in [0, 0.1) is 0 Å². The molecule has 0 aliphatic heterocycles. The molecule has 0 bridgehead atoms. The Bertz CT molecular complexity index is 571. The minimum atomic E-state index is 0.443. The fourth-order valence-electron chi connectivity index (χ4n) is 1.59. The molecule has 0 saturated heterocycles. The van der Waals surface area contributed by atoms with Gasteiger partial charge in [-0.1, -0.05) is 54.9 Å². The highest BCUT2D eigenvalue weighted by molar-refractivity contribution is 7.99. The Morgan fingerprint density at radius 2 is 2.00 bits per heavy atom. The highest BCUT2D eigenvalue weighted by Gasteiger charge is 2.05. The van der Waals surface area contributed by atoms with Gasteiger partial charge in [-0.25, -0.2) is 4.98 Å². The second-order valence-corrected chi connectivity index (χ2v) is 6.64. The molecule has 2 nitrogen and oxygen atoms in total. The fraction of sp³-hybridized carbons (Fsp3) is 0.267. The van der Waals surface area contributed by atoms with E-state index in [0.717, 1.165) is 27.1 Å². The molecule has 0 fully saturated rings. The molecule has 20 heavy (non-hydrogen) atoms. The topological polar surface area (TPSA) is 24.9 Å². The predicted octanol–water partition coefficient (Wildman–Crippen LogP) is 5.04. The van der Waals surface area contributed by atoms with Crippen molar-refractivity contribution in [3.05, 3.63) is 52.1 Å². The molecule has 0 amide bonds. The van der Waals surface area contributed by atoms with E-state index in [-0.39, 0.29) is 0 Å². The number of hydrogen-bond donors (Lipinski definition) is 1. The summed E-state index contributed by atoms with van der Waals surface area (Å²) < 4.78 is 0. The first-order valence-electron chi connectivity index (χ1n) is 6.36. The molecule has 1 heterocycles. The van der Waals surface area contributed by atoms with Gasteiger partial charge in [-0.05, 0) is 29.8 Å². The Hall–Kier alpha value is -0.740. The zero-order valence-electron chi connectivity index (χ0n) is 11.4. The first-order chi connectivity index (χ1) is 9.54. The van der Waals surface area contributed by atoms with Gasteiger partial charge in [0.2, 0.25) is 0 Å². The van der Waals surface area contributed by atoms with E-state index in [4.69, 9.17) is 23.2 Å². The lowest BCUT2D eigenvalue weighted by Gasteiger charge is -2.10. The Labute approximate surface area is 133 Å². The lowest BCUT2D eigenvalue weighted by atomic mass is 10.2. The molecule has 0 aliphatic rings. The number of halogens is 2. The van der Waals surface area contributed by atoms with Crippen LogP contribution < -0.4 is 5.32 Å². The molecule has 1 aromatic carbocycles. The maximum atomic E-state index is 6.31. The molecule has 106 valence electrons. The van der Waals surface area contributed by atoms with Crippen molar-refractivity contribution < 1.29 is 0 Å². The number of hydrogen-bond acceptors (Lipinski definition) is 3. The molecule has 2 rings (SSSR count). The maximum absolute atomic E-state index is 6.31. The predicted molar refractivity (Wildman–Crippen MR) is 86.8 cm³/mol. The van der Waals surface area contributed by atoms with Crippen LogP contribution >= 0.6 is 35.0 Å². The van der Waals surface area contributed by atoms with Crippen molar-refractivity contribution in [1.29, 1.82) is 0 Å². The SMILES string of the molecule is CC(C)NCc1ccc(Sc2ccc(Cl)cn2)cc1Cl. The summed E-state index contributed by atoms with van der Waals surface area (Å²) in [6.07, 6.45) is 1.65. The van der Waals surface area contributed by atoms with Gasteiger partial charge < -0.3 is 5.32 Å². The van der Waals surface area contributed by atoms with Gasteiger partial charge >= 0.3 is 0 Å². The Morgan fingerprint density at radius 3 is 2.60 bits per heavy atom. The van der Waals surface area contributed by atoms with E-state index in [1.54, 1.807) is 18.0 Å². The number of rotatable bonds is 5. The monoisotopic (exact) mass is 326 g/mol. The van der Waals surface area contributed by atoms with Gasteiger partial charge in [0.25, 0.3) is 0 Å². The van der Waals surface area contributed by atoms with E-state index in [1.165, 1.54) is 0 Å². The van der Waals surface area contributed by atoms with Crippen molar-refractivity contribution in [2.75, 3.05) is 0 Å². The van der Waals surface area contributed by atoms with Gasteiger partial charge in [-0.2, -0.15) is 0 Å². The molecule has 0 atom stereocenters. The van der Waals surface area contributed by atoms with E-state index in [0.29, 0.717) is 11.1 Å². The molecule has 0 aliphatic carbocycles. The average Bonchev–Trinajstić information content (AvgIpc) is 2.40. The normalized spacial score (nSPS) is 11.1. The van der Waals surface area contributed by atoms with Crippen LogP contribution in [0.4, 0.5) is 0 Å². The third-order valence-corrected chi connectivity index (χ3v) is 4.16. The third kappa shape index (κ3) is 4.67. The summed E-state index contributed by atoms with van der Waals surface area (Å²) in [4.78, 5) is 5.33. The lowest BCUT2D eigenvalue weighted by molar-refractivity contribution is 0.589. The molecule has 5 heteroatoms. The van der Waals surface area contributed by atoms with Crippen LogP contribution in [0.2, 0.25) is 10.0 Å². The number of benzene rings is 1. The molecule has 0 saturated carbocycles. The summed E-state index contributed by atoms with van der Waals surface area (Å²) in [5.74, 6) is 0. The lowest BCUT2D eigenvalue weighted by Crippen LogP contribution is -2.21. The van der Waals surface area contributed by atoms with E-state index >= 15 is 0 Å². The Kier molecular flexibility index (Phi) is 5.73. The van der Waals surface area contributed by atoms with Crippen molar-refractivity contribution in [2.45, 2.75) is 36.4 Å². The summed E-state index contributed by atoms with van der Waals surface area (Å²) in [5.41, 5.74) is 1.11. The number of pyridine rings is 1. The zero-order chi connectivity index (χ0) is 14.5. The van der Waals surface area contributed by atoms with Gasteiger partial charge in [-0.3, -0.25) is 0 Å². The summed E-state index contributed by atoms with van der Waals surface area (Å²) in [5, 5.41) is 5.68. The quantitative estimate of drug-likeness (QED) is 0.833. The summed E-state index contributed by atoms with van der Waals surface area (Å²) >= 11 is 13.7. The van der Waals surface area contributed by atoms with Crippen LogP contribution in [0.25, 0.3) is 0 Å². The van der Waals surface area contributed by atoms with Crippen molar-refractivity contribution in [2.24, 2.45) is 0 Å². The van der Waals surface area contributed by atoms with Crippen LogP contribution in [0.1, 0.15) is 19.4 Å². The molecule has 2 aromatic rings. The second kappa shape index (κ2) is 7.32. The molecular weight excluding hydrogens is 311 g/mol. The largest absolute Gasteiger partial charge is 0.310 e. The molecule has 0 unspecified atom stereocenters. The third-order valence-electron chi connectivity index (χ3n) is 2.65. The molecule has 0 spiro atoms. The highest BCUT2D eigenvalue weighted by Crippen LogP contribution is 2.30. The van der Waals surface area contributed by atoms with Gasteiger partial charge in [0.05, 0.1) is 5.02 Å². The first kappa shape index (κ1) is 15.6. The zero-order valence-corrected chi connectivity index (χ0v) is 13.7. The number of aromatic nitrogens is 1. The van der Waals surface area contributed by atoms with Crippen LogP contribution in [0.3, 0.4) is 0 Å². The summed E-state index contributed by atoms with van der Waals surface area (Å²) in [6.45, 7) is 5.01. The standard InChI is InChI=1S/C15H16Cl2N2S/c1-10(2)18-8-11-3-5-13(7-14(11)17)20-15-6-4-12(16)9-19-15/h3-7,9-10,18H,8H2,1-2H3. The minimum absolute atomic E-state index is 0.443. The van der Waals surface area contributed by atoms with E-state index in [2.05, 4.69) is 36.3 Å². The first-order valence-corrected chi connectivity index (χ1v) is 7.93. The number of nitrogens with zero attached hydrogens (tertiary/aromatic N) is 1. The van der Waals surface area contributed by atoms with Crippen LogP contribution in [0.15, 0.2) is 46.5 Å². The maximum Gasteiger partial charge on any atom is 0.101 e. The van der Waals surface area contributed by atoms with Gasteiger partial charge in [0, 0.05) is 28.7 Å². The van der Waals surface area contributed by atoms with Crippen LogP contribution in [-0.4, -0.2) is 11.0 Å². The molecule has 1 N–H and O–H groups in total. The molecule has 0 radical (unpaired) electrons. The minimum Gasteiger partial charge on any atom is -0.310 e. The number of nitrogens with one attached hydrogen (secondary N) is 1. The Morgan fingerprint density at radius 1 is 1.20 bits per heavy atom. The fourth-order valence-corrected chi connectivity index (χ4v) is 2.81. The van der Waals surface area contributed by atoms with E-state index < -0.39 is 0 Å². The van der Waals surface area contributed by atoms with Crippen molar-refractivity contribution >= 4 is 35.0 Å². The van der Waals surface area contributed by atoms with Crippen molar-refractivity contribution in [3.63, 3.8) is 0 Å². The van der Waals surface area contributed by atoms with Crippen LogP contribution in [0.5, 0.6) is 0 Å².